The average molecular weight is 468 g/mol. The molecule has 0 aromatic heterocycles. The maximum absolute atomic E-state index is 13.0. The molecule has 34 heavy (non-hydrogen) atoms. The van der Waals surface area contributed by atoms with Crippen LogP contribution in [0.5, 0.6) is 0 Å². The van der Waals surface area contributed by atoms with Crippen LogP contribution in [0.3, 0.4) is 0 Å². The Morgan fingerprint density at radius 3 is 2.53 bits per heavy atom. The molecule has 0 bridgehead atoms. The fourth-order valence-corrected chi connectivity index (χ4v) is 8.48. The Labute approximate surface area is 202 Å². The van der Waals surface area contributed by atoms with Crippen LogP contribution in [0.2, 0.25) is 0 Å². The van der Waals surface area contributed by atoms with Gasteiger partial charge in [0.05, 0.1) is 0 Å². The number of allylic oxidation sites excluding steroid dienone is 2. The molecule has 0 spiro atoms. The van der Waals surface area contributed by atoms with Crippen LogP contribution in [0.25, 0.3) is 0 Å². The van der Waals surface area contributed by atoms with Crippen molar-refractivity contribution < 1.29 is 23.9 Å². The van der Waals surface area contributed by atoms with Crippen molar-refractivity contribution in [2.75, 3.05) is 13.1 Å². The smallest absolute Gasteiger partial charge is 0.331 e. The molecule has 7 atom stereocenters. The van der Waals surface area contributed by atoms with E-state index in [1.165, 1.54) is 6.92 Å². The number of hydrogen-bond acceptors (Lipinski definition) is 6. The lowest BCUT2D eigenvalue weighted by molar-refractivity contribution is -0.193. The number of ketones is 1. The third-order valence-corrected chi connectivity index (χ3v) is 10.1. The van der Waals surface area contributed by atoms with Crippen LogP contribution < -0.4 is 5.32 Å². The molecule has 2 aliphatic heterocycles. The summed E-state index contributed by atoms with van der Waals surface area (Å²) >= 11 is 0. The quantitative estimate of drug-likeness (QED) is 0.490. The van der Waals surface area contributed by atoms with Crippen molar-refractivity contribution in [3.63, 3.8) is 0 Å². The molecular formula is C28H37NO5. The van der Waals surface area contributed by atoms with Gasteiger partial charge in [0.15, 0.2) is 5.78 Å². The fraction of sp³-hybridized carbons (Fsp3) is 0.679. The number of hydrogen-bond donors (Lipinski definition) is 1. The van der Waals surface area contributed by atoms with Crippen molar-refractivity contribution in [3.05, 3.63) is 35.5 Å². The van der Waals surface area contributed by atoms with Gasteiger partial charge in [-0.15, -0.1) is 0 Å². The molecule has 2 saturated carbocycles. The average Bonchev–Trinajstić information content (AvgIpc) is 3.28. The predicted molar refractivity (Wildman–Crippen MR) is 128 cm³/mol. The van der Waals surface area contributed by atoms with Crippen molar-refractivity contribution in [2.24, 2.45) is 33.5 Å². The molecule has 6 nitrogen and oxygen atoms in total. The lowest BCUT2D eigenvalue weighted by Crippen LogP contribution is -2.66. The third-order valence-electron chi connectivity index (χ3n) is 10.1. The van der Waals surface area contributed by atoms with Gasteiger partial charge in [-0.1, -0.05) is 46.8 Å². The van der Waals surface area contributed by atoms with Gasteiger partial charge < -0.3 is 14.8 Å². The second-order valence-electron chi connectivity index (χ2n) is 12.2. The molecule has 6 heteroatoms. The number of esters is 2. The zero-order chi connectivity index (χ0) is 24.7. The van der Waals surface area contributed by atoms with Gasteiger partial charge in [-0.25, -0.2) is 4.79 Å². The number of carbonyl (C=O) groups excluding carboxylic acids is 3. The molecule has 0 radical (unpaired) electrons. The first kappa shape index (κ1) is 23.5. The number of fused-ring (bicyclic) bond motifs is 5. The molecule has 5 rings (SSSR count). The molecule has 184 valence electrons. The monoisotopic (exact) mass is 467 g/mol. The van der Waals surface area contributed by atoms with E-state index in [1.807, 2.05) is 13.8 Å². The van der Waals surface area contributed by atoms with E-state index in [9.17, 15) is 14.4 Å². The van der Waals surface area contributed by atoms with E-state index in [0.717, 1.165) is 30.5 Å². The minimum Gasteiger partial charge on any atom is -0.462 e. The highest BCUT2D eigenvalue weighted by molar-refractivity contribution is 5.96. The first-order valence-electron chi connectivity index (χ1n) is 12.6. The summed E-state index contributed by atoms with van der Waals surface area (Å²) in [6.45, 7) is 13.6. The summed E-state index contributed by atoms with van der Waals surface area (Å²) in [4.78, 5) is 38.2. The SMILES string of the molecule is CC(=O)O[C@@H]1CC2C(C)(C)C(=O)C=C[C@]2(C)C2CC[C@]3(C)C(=CC(=O)O[C@H]3C3=CCNC3)[C@@]21C. The maximum atomic E-state index is 13.0. The highest BCUT2D eigenvalue weighted by atomic mass is 16.5. The summed E-state index contributed by atoms with van der Waals surface area (Å²) in [5, 5.41) is 3.34. The molecule has 0 aromatic carbocycles. The number of nitrogens with one attached hydrogen (secondary N) is 1. The van der Waals surface area contributed by atoms with Crippen LogP contribution in [-0.2, 0) is 23.9 Å². The van der Waals surface area contributed by atoms with Crippen LogP contribution >= 0.6 is 0 Å². The van der Waals surface area contributed by atoms with Crippen LogP contribution in [0.15, 0.2) is 35.5 Å². The molecule has 2 unspecified atom stereocenters. The minimum atomic E-state index is -0.549. The van der Waals surface area contributed by atoms with E-state index in [4.69, 9.17) is 9.47 Å². The summed E-state index contributed by atoms with van der Waals surface area (Å²) in [6, 6.07) is 0. The zero-order valence-electron chi connectivity index (χ0n) is 21.2. The molecule has 0 amide bonds. The summed E-state index contributed by atoms with van der Waals surface area (Å²) in [5.74, 6) is -0.362. The lowest BCUT2D eigenvalue weighted by atomic mass is 9.38. The second-order valence-corrected chi connectivity index (χ2v) is 12.2. The Kier molecular flexibility index (Phi) is 5.12. The molecule has 2 heterocycles. The first-order valence-corrected chi connectivity index (χ1v) is 12.6. The van der Waals surface area contributed by atoms with E-state index in [-0.39, 0.29) is 46.5 Å². The highest BCUT2D eigenvalue weighted by Crippen LogP contribution is 2.70. The topological polar surface area (TPSA) is 81.7 Å². The van der Waals surface area contributed by atoms with Crippen LogP contribution in [0.1, 0.15) is 60.8 Å². The van der Waals surface area contributed by atoms with Crippen molar-refractivity contribution in [2.45, 2.75) is 73.0 Å². The Morgan fingerprint density at radius 1 is 1.15 bits per heavy atom. The molecule has 1 N–H and O–H groups in total. The fourth-order valence-electron chi connectivity index (χ4n) is 8.48. The summed E-state index contributed by atoms with van der Waals surface area (Å²) in [6.07, 6.45) is 9.32. The minimum absolute atomic E-state index is 0.0398. The summed E-state index contributed by atoms with van der Waals surface area (Å²) < 4.78 is 12.1. The summed E-state index contributed by atoms with van der Waals surface area (Å²) in [5.41, 5.74) is 0.441. The molecule has 0 aromatic rings. The second kappa shape index (κ2) is 7.39. The van der Waals surface area contributed by atoms with E-state index < -0.39 is 16.9 Å². The van der Waals surface area contributed by atoms with Crippen LogP contribution in [-0.4, -0.2) is 43.0 Å². The zero-order valence-corrected chi connectivity index (χ0v) is 21.2. The Bertz CT molecular complexity index is 1050. The van der Waals surface area contributed by atoms with E-state index in [1.54, 1.807) is 12.2 Å². The van der Waals surface area contributed by atoms with Gasteiger partial charge in [0.1, 0.15) is 12.2 Å². The van der Waals surface area contributed by atoms with Gasteiger partial charge in [-0.05, 0) is 53.7 Å². The highest BCUT2D eigenvalue weighted by Gasteiger charge is 2.69. The van der Waals surface area contributed by atoms with Crippen molar-refractivity contribution in [3.8, 4) is 0 Å². The normalized spacial score (nSPS) is 44.8. The molecule has 0 saturated heterocycles. The van der Waals surface area contributed by atoms with Crippen LogP contribution in [0, 0.1) is 33.5 Å². The van der Waals surface area contributed by atoms with Crippen LogP contribution in [0.4, 0.5) is 0 Å². The standard InChI is InChI=1S/C28H37NO5/c1-16(30)33-22-13-19-25(2,3)21(31)8-11-26(19,4)18-7-10-27(5)20(28(18,22)6)14-23(32)34-24(27)17-9-12-29-15-17/h8-9,11,14,18-19,22,24,29H,7,10,12-13,15H2,1-6H3/t18?,19?,22-,24+,26-,27-,28-/m1/s1. The molecule has 3 aliphatic carbocycles. The predicted octanol–water partition coefficient (Wildman–Crippen LogP) is 3.91. The van der Waals surface area contributed by atoms with Gasteiger partial charge in [0, 0.05) is 42.3 Å². The van der Waals surface area contributed by atoms with Gasteiger partial charge in [-0.3, -0.25) is 9.59 Å². The van der Waals surface area contributed by atoms with E-state index >= 15 is 0 Å². The summed E-state index contributed by atoms with van der Waals surface area (Å²) in [7, 11) is 0. The van der Waals surface area contributed by atoms with Gasteiger partial charge in [0.25, 0.3) is 0 Å². The number of carbonyl (C=O) groups is 3. The van der Waals surface area contributed by atoms with E-state index in [2.05, 4.69) is 38.2 Å². The molecular weight excluding hydrogens is 430 g/mol. The van der Waals surface area contributed by atoms with E-state index in [0.29, 0.717) is 13.0 Å². The van der Waals surface area contributed by atoms with Crippen molar-refractivity contribution >= 4 is 17.7 Å². The maximum Gasteiger partial charge on any atom is 0.331 e. The number of cyclic esters (lactones) is 1. The van der Waals surface area contributed by atoms with Gasteiger partial charge in [-0.2, -0.15) is 0 Å². The Balaban J connectivity index is 1.68. The third kappa shape index (κ3) is 3.00. The molecule has 2 fully saturated rings. The largest absolute Gasteiger partial charge is 0.462 e. The lowest BCUT2D eigenvalue weighted by Gasteiger charge is -2.67. The van der Waals surface area contributed by atoms with Gasteiger partial charge >= 0.3 is 11.9 Å². The number of ether oxygens (including phenoxy) is 2. The van der Waals surface area contributed by atoms with Crippen molar-refractivity contribution in [1.82, 2.24) is 5.32 Å². The Morgan fingerprint density at radius 2 is 1.88 bits per heavy atom. The van der Waals surface area contributed by atoms with Crippen molar-refractivity contribution in [1.29, 1.82) is 0 Å². The van der Waals surface area contributed by atoms with Gasteiger partial charge in [0.2, 0.25) is 0 Å². The molecule has 5 aliphatic rings. The first-order chi connectivity index (χ1) is 15.8. The number of rotatable bonds is 2. The Hall–Kier alpha value is -2.21.